The minimum absolute atomic E-state index is 0.114. The molecule has 1 amide bonds. The van der Waals surface area contributed by atoms with Gasteiger partial charge in [0.15, 0.2) is 0 Å². The monoisotopic (exact) mass is 367 g/mol. The van der Waals surface area contributed by atoms with E-state index in [2.05, 4.69) is 10.3 Å². The van der Waals surface area contributed by atoms with Gasteiger partial charge in [-0.3, -0.25) is 9.78 Å². The standard InChI is InChI=1S/C20H15ClFN3O/c21-14-3-1-4-16(11-14)24-19-18-17(5-2-10-23-18)20(26)25(19)12-13-6-8-15(22)9-7-13/h1-11,19,24H,12H2/t19-/m1/s1. The molecule has 0 bridgehead atoms. The molecule has 1 aromatic heterocycles. The number of hydrogen-bond acceptors (Lipinski definition) is 3. The number of halogens is 2. The molecule has 0 saturated heterocycles. The highest BCUT2D eigenvalue weighted by Gasteiger charge is 2.37. The lowest BCUT2D eigenvalue weighted by molar-refractivity contribution is 0.0728. The third-order valence-corrected chi connectivity index (χ3v) is 4.53. The van der Waals surface area contributed by atoms with E-state index >= 15 is 0 Å². The predicted octanol–water partition coefficient (Wildman–Crippen LogP) is 4.64. The Balaban J connectivity index is 1.68. The SMILES string of the molecule is O=C1c2cccnc2[C@H](Nc2cccc(Cl)c2)N1Cc1ccc(F)cc1. The second kappa shape index (κ2) is 6.77. The maximum atomic E-state index is 13.2. The van der Waals surface area contributed by atoms with Crippen LogP contribution in [0.15, 0.2) is 66.9 Å². The minimum atomic E-state index is -0.429. The van der Waals surface area contributed by atoms with Crippen molar-refractivity contribution in [3.8, 4) is 0 Å². The van der Waals surface area contributed by atoms with Crippen molar-refractivity contribution in [1.82, 2.24) is 9.88 Å². The number of benzene rings is 2. The maximum absolute atomic E-state index is 13.2. The van der Waals surface area contributed by atoms with Gasteiger partial charge in [-0.15, -0.1) is 0 Å². The highest BCUT2D eigenvalue weighted by atomic mass is 35.5. The first-order valence-corrected chi connectivity index (χ1v) is 8.52. The number of carbonyl (C=O) groups is 1. The molecule has 2 aromatic carbocycles. The summed E-state index contributed by atoms with van der Waals surface area (Å²) in [4.78, 5) is 19.0. The van der Waals surface area contributed by atoms with Gasteiger partial charge in [0.1, 0.15) is 12.0 Å². The lowest BCUT2D eigenvalue weighted by Gasteiger charge is -2.26. The number of anilines is 1. The van der Waals surface area contributed by atoms with Crippen molar-refractivity contribution in [2.45, 2.75) is 12.7 Å². The van der Waals surface area contributed by atoms with Gasteiger partial charge in [0, 0.05) is 23.5 Å². The maximum Gasteiger partial charge on any atom is 0.258 e. The van der Waals surface area contributed by atoms with Crippen molar-refractivity contribution in [1.29, 1.82) is 0 Å². The largest absolute Gasteiger partial charge is 0.360 e. The van der Waals surface area contributed by atoms with E-state index in [1.54, 1.807) is 47.5 Å². The number of nitrogens with zero attached hydrogens (tertiary/aromatic N) is 2. The van der Waals surface area contributed by atoms with Gasteiger partial charge in [0.25, 0.3) is 5.91 Å². The van der Waals surface area contributed by atoms with Crippen LogP contribution >= 0.6 is 11.6 Å². The van der Waals surface area contributed by atoms with Crippen LogP contribution in [-0.4, -0.2) is 15.8 Å². The van der Waals surface area contributed by atoms with Crippen molar-refractivity contribution in [3.05, 3.63) is 94.5 Å². The first-order valence-electron chi connectivity index (χ1n) is 8.14. The third kappa shape index (κ3) is 3.13. The van der Waals surface area contributed by atoms with E-state index in [0.29, 0.717) is 22.8 Å². The second-order valence-corrected chi connectivity index (χ2v) is 6.49. The van der Waals surface area contributed by atoms with Gasteiger partial charge in [-0.2, -0.15) is 0 Å². The third-order valence-electron chi connectivity index (χ3n) is 4.29. The fourth-order valence-corrected chi connectivity index (χ4v) is 3.26. The molecule has 130 valence electrons. The number of pyridine rings is 1. The van der Waals surface area contributed by atoms with E-state index in [4.69, 9.17) is 11.6 Å². The molecule has 1 aliphatic rings. The molecule has 0 aliphatic carbocycles. The fraction of sp³-hybridized carbons (Fsp3) is 0.100. The molecule has 1 aliphatic heterocycles. The molecule has 2 heterocycles. The Morgan fingerprint density at radius 2 is 1.92 bits per heavy atom. The van der Waals surface area contributed by atoms with Crippen LogP contribution in [0.5, 0.6) is 0 Å². The number of amides is 1. The van der Waals surface area contributed by atoms with Crippen LogP contribution in [0.1, 0.15) is 27.8 Å². The fourth-order valence-electron chi connectivity index (χ4n) is 3.07. The normalized spacial score (nSPS) is 15.8. The van der Waals surface area contributed by atoms with Gasteiger partial charge in [-0.05, 0) is 48.0 Å². The Kier molecular flexibility index (Phi) is 4.31. The molecular weight excluding hydrogens is 353 g/mol. The molecule has 1 atom stereocenters. The van der Waals surface area contributed by atoms with Crippen molar-refractivity contribution in [3.63, 3.8) is 0 Å². The van der Waals surface area contributed by atoms with Gasteiger partial charge < -0.3 is 10.2 Å². The average Bonchev–Trinajstić information content (AvgIpc) is 2.90. The number of fused-ring (bicyclic) bond motifs is 1. The topological polar surface area (TPSA) is 45.2 Å². The Bertz CT molecular complexity index is 961. The zero-order chi connectivity index (χ0) is 18.1. The molecule has 0 saturated carbocycles. The van der Waals surface area contributed by atoms with Crippen molar-refractivity contribution in [2.75, 3.05) is 5.32 Å². The molecule has 0 radical (unpaired) electrons. The van der Waals surface area contributed by atoms with Gasteiger partial charge in [-0.25, -0.2) is 4.39 Å². The Hall–Kier alpha value is -2.92. The van der Waals surface area contributed by atoms with E-state index in [9.17, 15) is 9.18 Å². The summed E-state index contributed by atoms with van der Waals surface area (Å²) in [6.45, 7) is 0.341. The molecule has 1 N–H and O–H groups in total. The molecule has 26 heavy (non-hydrogen) atoms. The van der Waals surface area contributed by atoms with Gasteiger partial charge in [0.2, 0.25) is 0 Å². The van der Waals surface area contributed by atoms with Gasteiger partial charge in [0.05, 0.1) is 11.3 Å². The van der Waals surface area contributed by atoms with Crippen LogP contribution in [0.4, 0.5) is 10.1 Å². The van der Waals surface area contributed by atoms with Crippen LogP contribution in [0, 0.1) is 5.82 Å². The van der Waals surface area contributed by atoms with Crippen molar-refractivity contribution < 1.29 is 9.18 Å². The lowest BCUT2D eigenvalue weighted by atomic mass is 10.2. The van der Waals surface area contributed by atoms with Crippen molar-refractivity contribution >= 4 is 23.2 Å². The van der Waals surface area contributed by atoms with Crippen LogP contribution in [0.3, 0.4) is 0 Å². The molecule has 6 heteroatoms. The van der Waals surface area contributed by atoms with Gasteiger partial charge >= 0.3 is 0 Å². The number of nitrogens with one attached hydrogen (secondary N) is 1. The summed E-state index contributed by atoms with van der Waals surface area (Å²) in [6, 6.07) is 16.9. The lowest BCUT2D eigenvalue weighted by Crippen LogP contribution is -2.32. The quantitative estimate of drug-likeness (QED) is 0.730. The van der Waals surface area contributed by atoms with Crippen LogP contribution < -0.4 is 5.32 Å². The summed E-state index contributed by atoms with van der Waals surface area (Å²) in [5, 5.41) is 3.94. The van der Waals surface area contributed by atoms with Crippen LogP contribution in [0.25, 0.3) is 0 Å². The first-order chi connectivity index (χ1) is 12.6. The number of carbonyl (C=O) groups excluding carboxylic acids is 1. The van der Waals surface area contributed by atoms with Gasteiger partial charge in [-0.1, -0.05) is 29.8 Å². The summed E-state index contributed by atoms with van der Waals surface area (Å²) in [7, 11) is 0. The summed E-state index contributed by atoms with van der Waals surface area (Å²) < 4.78 is 13.2. The summed E-state index contributed by atoms with van der Waals surface area (Å²) >= 11 is 6.07. The highest BCUT2D eigenvalue weighted by Crippen LogP contribution is 2.34. The van der Waals surface area contributed by atoms with Crippen LogP contribution in [-0.2, 0) is 6.54 Å². The Morgan fingerprint density at radius 3 is 2.69 bits per heavy atom. The van der Waals surface area contributed by atoms with Crippen molar-refractivity contribution in [2.24, 2.45) is 0 Å². The second-order valence-electron chi connectivity index (χ2n) is 6.05. The van der Waals surface area contributed by atoms with Crippen LogP contribution in [0.2, 0.25) is 5.02 Å². The number of aromatic nitrogens is 1. The number of rotatable bonds is 4. The van der Waals surface area contributed by atoms with E-state index in [0.717, 1.165) is 11.3 Å². The van der Waals surface area contributed by atoms with E-state index < -0.39 is 6.17 Å². The predicted molar refractivity (Wildman–Crippen MR) is 98.3 cm³/mol. The molecule has 0 fully saturated rings. The number of hydrogen-bond donors (Lipinski definition) is 1. The minimum Gasteiger partial charge on any atom is -0.360 e. The summed E-state index contributed by atoms with van der Waals surface area (Å²) in [5.41, 5.74) is 2.86. The molecule has 4 nitrogen and oxygen atoms in total. The Labute approximate surface area is 155 Å². The summed E-state index contributed by atoms with van der Waals surface area (Å²) in [6.07, 6.45) is 1.24. The molecular formula is C20H15ClFN3O. The zero-order valence-corrected chi connectivity index (χ0v) is 14.4. The van der Waals surface area contributed by atoms with E-state index in [1.165, 1.54) is 12.1 Å². The van der Waals surface area contributed by atoms with E-state index in [1.807, 2.05) is 12.1 Å². The molecule has 0 unspecified atom stereocenters. The average molecular weight is 368 g/mol. The molecule has 4 rings (SSSR count). The zero-order valence-electron chi connectivity index (χ0n) is 13.7. The molecule has 3 aromatic rings. The van der Waals surface area contributed by atoms with E-state index in [-0.39, 0.29) is 11.7 Å². The Morgan fingerprint density at radius 1 is 1.12 bits per heavy atom. The summed E-state index contributed by atoms with van der Waals surface area (Å²) in [5.74, 6) is -0.419. The highest BCUT2D eigenvalue weighted by molar-refractivity contribution is 6.30. The smallest absolute Gasteiger partial charge is 0.258 e. The molecule has 0 spiro atoms. The first kappa shape index (κ1) is 16.5.